The topological polar surface area (TPSA) is 57.4 Å². The predicted octanol–water partition coefficient (Wildman–Crippen LogP) is 4.35. The van der Waals surface area contributed by atoms with Crippen molar-refractivity contribution in [2.75, 3.05) is 0 Å². The molecule has 0 saturated heterocycles. The van der Waals surface area contributed by atoms with E-state index in [0.717, 1.165) is 47.4 Å². The molecule has 4 nitrogen and oxygen atoms in total. The van der Waals surface area contributed by atoms with Crippen molar-refractivity contribution < 1.29 is 0 Å². The van der Waals surface area contributed by atoms with Gasteiger partial charge in [0.2, 0.25) is 0 Å². The summed E-state index contributed by atoms with van der Waals surface area (Å²) >= 11 is 0. The monoisotopic (exact) mass is 338 g/mol. The summed E-state index contributed by atoms with van der Waals surface area (Å²) < 4.78 is 0. The number of aryl methyl sites for hydroxylation is 2. The zero-order valence-electron chi connectivity index (χ0n) is 14.3. The molecule has 3 aliphatic heterocycles. The Morgan fingerprint density at radius 3 is 2.62 bits per heavy atom. The lowest BCUT2D eigenvalue weighted by Crippen LogP contribution is -1.91. The van der Waals surface area contributed by atoms with Gasteiger partial charge in [-0.1, -0.05) is 12.2 Å². The van der Waals surface area contributed by atoms with Crippen molar-refractivity contribution >= 4 is 29.3 Å². The Balaban J connectivity index is 1.69. The summed E-state index contributed by atoms with van der Waals surface area (Å²) in [5, 5.41) is 0. The van der Waals surface area contributed by atoms with E-state index in [2.05, 4.69) is 64.6 Å². The van der Waals surface area contributed by atoms with Crippen LogP contribution in [0.3, 0.4) is 0 Å². The third kappa shape index (κ3) is 2.22. The molecule has 126 valence electrons. The summed E-state index contributed by atoms with van der Waals surface area (Å²) in [6.07, 6.45) is 11.7. The molecule has 0 aromatic carbocycles. The Bertz CT molecular complexity index is 1170. The van der Waals surface area contributed by atoms with Gasteiger partial charge in [0, 0.05) is 46.0 Å². The molecule has 0 spiro atoms. The first-order valence-electron chi connectivity index (χ1n) is 9.16. The van der Waals surface area contributed by atoms with E-state index in [0.29, 0.717) is 5.92 Å². The normalized spacial score (nSPS) is 18.4. The molecule has 0 saturated carbocycles. The largest absolute Gasteiger partial charge is 0.362 e. The molecular weight excluding hydrogens is 320 g/mol. The molecule has 8 bridgehead atoms. The highest BCUT2D eigenvalue weighted by atomic mass is 14.8. The maximum absolute atomic E-state index is 4.96. The van der Waals surface area contributed by atoms with E-state index in [1.54, 1.807) is 0 Å². The zero-order valence-corrected chi connectivity index (χ0v) is 14.3. The average molecular weight is 338 g/mol. The third-order valence-electron chi connectivity index (χ3n) is 5.46. The maximum Gasteiger partial charge on any atom is 0.0658 e. The van der Waals surface area contributed by atoms with E-state index in [1.807, 2.05) is 0 Å². The fourth-order valence-electron chi connectivity index (χ4n) is 4.23. The van der Waals surface area contributed by atoms with Gasteiger partial charge in [0.05, 0.1) is 17.1 Å². The first-order valence-corrected chi connectivity index (χ1v) is 9.16. The van der Waals surface area contributed by atoms with Crippen LogP contribution in [-0.4, -0.2) is 19.9 Å². The second kappa shape index (κ2) is 5.18. The fourth-order valence-corrected chi connectivity index (χ4v) is 4.23. The number of hydrogen-bond donors (Lipinski definition) is 2. The standard InChI is InChI=1S/C22H18N4/c1-7-20-21-8-6-18(25-21)11-16-3-2-14(23-16)10-15-4-5-17(24-15)12-19-9-13(1)22(20)26-19/h1-5,7,10-13,24-25H,6,8-9H2. The highest BCUT2D eigenvalue weighted by molar-refractivity contribution is 5.73. The van der Waals surface area contributed by atoms with Gasteiger partial charge in [-0.2, -0.15) is 0 Å². The van der Waals surface area contributed by atoms with Crippen molar-refractivity contribution in [1.82, 2.24) is 19.9 Å². The number of aromatic nitrogens is 4. The molecule has 2 aromatic rings. The van der Waals surface area contributed by atoms with E-state index in [-0.39, 0.29) is 0 Å². The van der Waals surface area contributed by atoms with Gasteiger partial charge in [0.25, 0.3) is 0 Å². The van der Waals surface area contributed by atoms with Gasteiger partial charge in [0.15, 0.2) is 0 Å². The molecule has 2 N–H and O–H groups in total. The van der Waals surface area contributed by atoms with E-state index in [4.69, 9.17) is 9.97 Å². The minimum atomic E-state index is 0.425. The van der Waals surface area contributed by atoms with Crippen LogP contribution >= 0.6 is 0 Å². The maximum atomic E-state index is 4.96. The highest BCUT2D eigenvalue weighted by Gasteiger charge is 2.26. The minimum Gasteiger partial charge on any atom is -0.362 e. The molecule has 0 radical (unpaired) electrons. The van der Waals surface area contributed by atoms with Crippen LogP contribution in [0.1, 0.15) is 45.6 Å². The van der Waals surface area contributed by atoms with Crippen LogP contribution in [-0.2, 0) is 19.3 Å². The molecule has 2 aromatic heterocycles. The summed E-state index contributed by atoms with van der Waals surface area (Å²) in [7, 11) is 0. The lowest BCUT2D eigenvalue weighted by atomic mass is 10.0. The van der Waals surface area contributed by atoms with Crippen LogP contribution in [0.5, 0.6) is 0 Å². The van der Waals surface area contributed by atoms with Crippen molar-refractivity contribution in [2.24, 2.45) is 0 Å². The number of fused-ring (bicyclic) bond motifs is 8. The summed E-state index contributed by atoms with van der Waals surface area (Å²) in [6.45, 7) is 0. The van der Waals surface area contributed by atoms with Crippen molar-refractivity contribution in [3.8, 4) is 0 Å². The van der Waals surface area contributed by atoms with Crippen LogP contribution in [0, 0.1) is 0 Å². The molecule has 0 fully saturated rings. The van der Waals surface area contributed by atoms with Crippen LogP contribution in [0.15, 0.2) is 36.4 Å². The van der Waals surface area contributed by atoms with E-state index >= 15 is 0 Å². The highest BCUT2D eigenvalue weighted by Crippen LogP contribution is 2.36. The van der Waals surface area contributed by atoms with Crippen molar-refractivity contribution in [2.45, 2.75) is 25.2 Å². The number of rotatable bonds is 0. The van der Waals surface area contributed by atoms with Crippen molar-refractivity contribution in [1.29, 1.82) is 0 Å². The molecule has 4 heteroatoms. The smallest absolute Gasteiger partial charge is 0.0658 e. The van der Waals surface area contributed by atoms with Gasteiger partial charge in [0.1, 0.15) is 0 Å². The molecule has 6 rings (SSSR count). The number of H-pyrrole nitrogens is 2. The van der Waals surface area contributed by atoms with Gasteiger partial charge in [-0.05, 0) is 55.3 Å². The SMILES string of the molecule is C1=Cc2cc3ccc(cc4nc5c(c6[nH]c(cc1n2)CC6)C=CC5C4)[nH]3. The summed E-state index contributed by atoms with van der Waals surface area (Å²) in [4.78, 5) is 16.7. The quantitative estimate of drug-likeness (QED) is 0.640. The Morgan fingerprint density at radius 2 is 1.69 bits per heavy atom. The summed E-state index contributed by atoms with van der Waals surface area (Å²) in [5.74, 6) is 0.425. The lowest BCUT2D eigenvalue weighted by Gasteiger charge is -1.98. The second-order valence-corrected chi connectivity index (χ2v) is 7.30. The Kier molecular flexibility index (Phi) is 2.80. The van der Waals surface area contributed by atoms with E-state index < -0.39 is 0 Å². The van der Waals surface area contributed by atoms with Gasteiger partial charge < -0.3 is 9.97 Å². The Labute approximate surface area is 151 Å². The molecule has 1 aliphatic carbocycles. The van der Waals surface area contributed by atoms with Gasteiger partial charge in [-0.15, -0.1) is 0 Å². The number of aromatic amines is 2. The molecule has 4 aliphatic rings. The number of nitrogens with zero attached hydrogens (tertiary/aromatic N) is 2. The first-order chi connectivity index (χ1) is 12.8. The molecular formula is C22H18N4. The van der Waals surface area contributed by atoms with Crippen LogP contribution in [0.2, 0.25) is 0 Å². The first kappa shape index (κ1) is 14.1. The van der Waals surface area contributed by atoms with Crippen molar-refractivity contribution in [3.05, 3.63) is 76.1 Å². The van der Waals surface area contributed by atoms with Gasteiger partial charge in [-0.3, -0.25) is 4.98 Å². The van der Waals surface area contributed by atoms with E-state index in [9.17, 15) is 0 Å². The molecule has 1 unspecified atom stereocenters. The second-order valence-electron chi connectivity index (χ2n) is 7.30. The van der Waals surface area contributed by atoms with E-state index in [1.165, 1.54) is 22.6 Å². The zero-order chi connectivity index (χ0) is 17.1. The molecule has 0 amide bonds. The third-order valence-corrected chi connectivity index (χ3v) is 5.46. The Morgan fingerprint density at radius 1 is 0.846 bits per heavy atom. The molecule has 5 heterocycles. The van der Waals surface area contributed by atoms with Crippen LogP contribution < -0.4 is 0 Å². The van der Waals surface area contributed by atoms with Gasteiger partial charge in [-0.25, -0.2) is 4.98 Å². The lowest BCUT2D eigenvalue weighted by molar-refractivity contribution is 0.895. The average Bonchev–Trinajstić information content (AvgIpc) is 3.38. The molecule has 26 heavy (non-hydrogen) atoms. The summed E-state index contributed by atoms with van der Waals surface area (Å²) in [5.41, 5.74) is 10.3. The molecule has 1 atom stereocenters. The number of allylic oxidation sites excluding steroid dienone is 1. The fraction of sp³-hybridized carbons (Fsp3) is 0.182. The van der Waals surface area contributed by atoms with Gasteiger partial charge >= 0.3 is 0 Å². The number of nitrogens with one attached hydrogen (secondary N) is 2. The van der Waals surface area contributed by atoms with Crippen LogP contribution in [0.25, 0.3) is 29.3 Å². The van der Waals surface area contributed by atoms with Crippen molar-refractivity contribution in [3.63, 3.8) is 0 Å². The predicted molar refractivity (Wildman–Crippen MR) is 104 cm³/mol. The number of hydrogen-bond acceptors (Lipinski definition) is 2. The van der Waals surface area contributed by atoms with Crippen LogP contribution in [0.4, 0.5) is 0 Å². The minimum absolute atomic E-state index is 0.425. The Hall–Kier alpha value is -3.14. The summed E-state index contributed by atoms with van der Waals surface area (Å²) in [6, 6.07) is 10.6.